The van der Waals surface area contributed by atoms with E-state index in [9.17, 15) is 0 Å². The third-order valence-electron chi connectivity index (χ3n) is 1.28. The van der Waals surface area contributed by atoms with Gasteiger partial charge >= 0.3 is 0 Å². The van der Waals surface area contributed by atoms with E-state index in [1.807, 2.05) is 24.3 Å². The molecule has 0 aliphatic carbocycles. The molecular weight excluding hydrogens is 176 g/mol. The van der Waals surface area contributed by atoms with Gasteiger partial charge in [0, 0.05) is 0 Å². The molecule has 1 aromatic carbocycles. The van der Waals surface area contributed by atoms with Gasteiger partial charge in [0.15, 0.2) is 11.5 Å². The van der Waals surface area contributed by atoms with Crippen molar-refractivity contribution in [2.45, 2.75) is 27.7 Å². The molecule has 14 heavy (non-hydrogen) atoms. The molecule has 2 rings (SSSR count). The van der Waals surface area contributed by atoms with Crippen LogP contribution in [0.3, 0.4) is 0 Å². The van der Waals surface area contributed by atoms with Gasteiger partial charge in [-0.15, -0.1) is 0 Å². The van der Waals surface area contributed by atoms with E-state index in [0.29, 0.717) is 12.2 Å². The lowest BCUT2D eigenvalue weighted by Crippen LogP contribution is -1.93. The fourth-order valence-corrected chi connectivity index (χ4v) is 0.845. The van der Waals surface area contributed by atoms with Crippen molar-refractivity contribution in [1.82, 2.24) is 0 Å². The van der Waals surface area contributed by atoms with Crippen molar-refractivity contribution in [3.05, 3.63) is 24.3 Å². The first-order chi connectivity index (χ1) is 6.47. The second-order valence-corrected chi connectivity index (χ2v) is 4.85. The molecule has 0 radical (unpaired) electrons. The summed E-state index contributed by atoms with van der Waals surface area (Å²) in [6, 6.07) is 7.63. The average Bonchev–Trinajstić information content (AvgIpc) is 2.47. The molecule has 0 aromatic heterocycles. The number of benzene rings is 1. The standard InChI is InChI=1S/C7H6O2.C5H12/c1-2-4-7-6(3-1)8-5-9-7;1-5(2,3)4/h1-4H,5H2;1-4H3. The summed E-state index contributed by atoms with van der Waals surface area (Å²) in [5.74, 6) is 1.69. The second kappa shape index (κ2) is 4.36. The Morgan fingerprint density at radius 2 is 1.29 bits per heavy atom. The van der Waals surface area contributed by atoms with Gasteiger partial charge in [-0.25, -0.2) is 0 Å². The van der Waals surface area contributed by atoms with Crippen LogP contribution in [-0.2, 0) is 0 Å². The Morgan fingerprint density at radius 1 is 0.929 bits per heavy atom. The minimum Gasteiger partial charge on any atom is -0.454 e. The van der Waals surface area contributed by atoms with E-state index in [1.54, 1.807) is 0 Å². The fraction of sp³-hybridized carbons (Fsp3) is 0.500. The van der Waals surface area contributed by atoms with Crippen LogP contribution in [0.5, 0.6) is 11.5 Å². The maximum absolute atomic E-state index is 5.08. The zero-order valence-electron chi connectivity index (χ0n) is 9.33. The number of fused-ring (bicyclic) bond motifs is 1. The normalized spacial score (nSPS) is 13.1. The number of ether oxygens (including phenoxy) is 2. The van der Waals surface area contributed by atoms with E-state index in [1.165, 1.54) is 0 Å². The van der Waals surface area contributed by atoms with Gasteiger partial charge in [0.1, 0.15) is 0 Å². The molecular formula is C12H18O2. The van der Waals surface area contributed by atoms with Gasteiger partial charge in [-0.05, 0) is 17.5 Å². The van der Waals surface area contributed by atoms with Crippen LogP contribution in [0.25, 0.3) is 0 Å². The Balaban J connectivity index is 0.000000171. The van der Waals surface area contributed by atoms with Crippen LogP contribution >= 0.6 is 0 Å². The quantitative estimate of drug-likeness (QED) is 0.629. The first kappa shape index (κ1) is 10.9. The Hall–Kier alpha value is -1.18. The van der Waals surface area contributed by atoms with E-state index >= 15 is 0 Å². The van der Waals surface area contributed by atoms with Gasteiger partial charge in [-0.3, -0.25) is 0 Å². The van der Waals surface area contributed by atoms with Crippen LogP contribution in [0.2, 0.25) is 0 Å². The highest BCUT2D eigenvalue weighted by Crippen LogP contribution is 2.30. The van der Waals surface area contributed by atoms with Crippen molar-refractivity contribution in [3.8, 4) is 11.5 Å². The molecule has 2 nitrogen and oxygen atoms in total. The van der Waals surface area contributed by atoms with Crippen LogP contribution in [0.1, 0.15) is 27.7 Å². The molecule has 1 aliphatic heterocycles. The van der Waals surface area contributed by atoms with Gasteiger partial charge in [0.25, 0.3) is 0 Å². The molecule has 0 spiro atoms. The van der Waals surface area contributed by atoms with Crippen molar-refractivity contribution >= 4 is 0 Å². The highest BCUT2D eigenvalue weighted by Gasteiger charge is 2.09. The summed E-state index contributed by atoms with van der Waals surface area (Å²) in [7, 11) is 0. The zero-order valence-corrected chi connectivity index (χ0v) is 9.33. The topological polar surface area (TPSA) is 18.5 Å². The monoisotopic (exact) mass is 194 g/mol. The van der Waals surface area contributed by atoms with E-state index < -0.39 is 0 Å². The van der Waals surface area contributed by atoms with Crippen LogP contribution in [0.4, 0.5) is 0 Å². The predicted octanol–water partition coefficient (Wildman–Crippen LogP) is 3.47. The summed E-state index contributed by atoms with van der Waals surface area (Å²) < 4.78 is 10.2. The Labute approximate surface area is 85.8 Å². The maximum Gasteiger partial charge on any atom is 0.231 e. The van der Waals surface area contributed by atoms with Crippen molar-refractivity contribution in [3.63, 3.8) is 0 Å². The van der Waals surface area contributed by atoms with Crippen LogP contribution in [-0.4, -0.2) is 6.79 Å². The molecule has 0 atom stereocenters. The first-order valence-corrected chi connectivity index (χ1v) is 4.81. The number of hydrogen-bond acceptors (Lipinski definition) is 2. The largest absolute Gasteiger partial charge is 0.454 e. The van der Waals surface area contributed by atoms with Crippen LogP contribution in [0.15, 0.2) is 24.3 Å². The SMILES string of the molecule is CC(C)(C)C.c1ccc2c(c1)OCO2. The van der Waals surface area contributed by atoms with E-state index in [0.717, 1.165) is 11.5 Å². The smallest absolute Gasteiger partial charge is 0.231 e. The number of rotatable bonds is 0. The first-order valence-electron chi connectivity index (χ1n) is 4.81. The summed E-state index contributed by atoms with van der Waals surface area (Å²) in [6.45, 7) is 9.11. The predicted molar refractivity (Wildman–Crippen MR) is 57.7 cm³/mol. The lowest BCUT2D eigenvalue weighted by Gasteiger charge is -2.05. The van der Waals surface area contributed by atoms with E-state index in [4.69, 9.17) is 9.47 Å². The summed E-state index contributed by atoms with van der Waals surface area (Å²) in [5.41, 5.74) is 0.500. The Morgan fingerprint density at radius 3 is 1.64 bits per heavy atom. The Kier molecular flexibility index (Phi) is 3.39. The average molecular weight is 194 g/mol. The molecule has 0 amide bonds. The third-order valence-corrected chi connectivity index (χ3v) is 1.28. The minimum absolute atomic E-state index is 0.360. The second-order valence-electron chi connectivity index (χ2n) is 4.85. The molecule has 78 valence electrons. The van der Waals surface area contributed by atoms with E-state index in [2.05, 4.69) is 27.7 Å². The van der Waals surface area contributed by atoms with Crippen molar-refractivity contribution in [1.29, 1.82) is 0 Å². The molecule has 1 aliphatic rings. The zero-order chi connectivity index (χ0) is 10.6. The van der Waals surface area contributed by atoms with Gasteiger partial charge in [-0.2, -0.15) is 0 Å². The molecule has 0 unspecified atom stereocenters. The molecule has 0 N–H and O–H groups in total. The fourth-order valence-electron chi connectivity index (χ4n) is 0.845. The molecule has 0 saturated heterocycles. The highest BCUT2D eigenvalue weighted by molar-refractivity contribution is 5.40. The van der Waals surface area contributed by atoms with Gasteiger partial charge in [0.05, 0.1) is 0 Å². The highest BCUT2D eigenvalue weighted by atomic mass is 16.7. The summed E-state index contributed by atoms with van der Waals surface area (Å²) in [6.07, 6.45) is 0. The van der Waals surface area contributed by atoms with Gasteiger partial charge < -0.3 is 9.47 Å². The molecule has 0 fully saturated rings. The van der Waals surface area contributed by atoms with Crippen molar-refractivity contribution < 1.29 is 9.47 Å². The summed E-state index contributed by atoms with van der Waals surface area (Å²) in [5, 5.41) is 0. The lowest BCUT2D eigenvalue weighted by molar-refractivity contribution is 0.174. The van der Waals surface area contributed by atoms with Crippen LogP contribution in [0, 0.1) is 5.41 Å². The van der Waals surface area contributed by atoms with Crippen molar-refractivity contribution in [2.75, 3.05) is 6.79 Å². The minimum atomic E-state index is 0.360. The molecule has 0 bridgehead atoms. The van der Waals surface area contributed by atoms with Gasteiger partial charge in [-0.1, -0.05) is 39.8 Å². The number of para-hydroxylation sites is 2. The van der Waals surface area contributed by atoms with Crippen LogP contribution < -0.4 is 9.47 Å². The third kappa shape index (κ3) is 4.17. The van der Waals surface area contributed by atoms with E-state index in [-0.39, 0.29) is 0 Å². The lowest BCUT2D eigenvalue weighted by atomic mass is 10.0. The van der Waals surface area contributed by atoms with Crippen molar-refractivity contribution in [2.24, 2.45) is 5.41 Å². The molecule has 2 heteroatoms. The maximum atomic E-state index is 5.08. The Bertz CT molecular complexity index is 258. The van der Waals surface area contributed by atoms with Gasteiger partial charge in [0.2, 0.25) is 6.79 Å². The summed E-state index contributed by atoms with van der Waals surface area (Å²) >= 11 is 0. The molecule has 0 saturated carbocycles. The molecule has 1 heterocycles. The molecule has 1 aromatic rings. The summed E-state index contributed by atoms with van der Waals surface area (Å²) in [4.78, 5) is 0. The number of hydrogen-bond donors (Lipinski definition) is 0.